The summed E-state index contributed by atoms with van der Waals surface area (Å²) in [7, 11) is 1.53. The van der Waals surface area contributed by atoms with E-state index in [1.807, 2.05) is 20.8 Å². The Morgan fingerprint density at radius 2 is 2.08 bits per heavy atom. The first-order valence-corrected chi connectivity index (χ1v) is 8.67. The first-order chi connectivity index (χ1) is 12.5. The Labute approximate surface area is 152 Å². The lowest BCUT2D eigenvalue weighted by molar-refractivity contribution is 0.0786. The van der Waals surface area contributed by atoms with E-state index >= 15 is 0 Å². The molecule has 0 atom stereocenters. The molecule has 0 aliphatic carbocycles. The lowest BCUT2D eigenvalue weighted by Gasteiger charge is -2.10. The molecule has 0 fully saturated rings. The molecular weight excluding hydrogens is 334 g/mol. The third-order valence-electron chi connectivity index (χ3n) is 4.53. The van der Waals surface area contributed by atoms with Crippen LogP contribution >= 0.6 is 0 Å². The van der Waals surface area contributed by atoms with E-state index in [9.17, 15) is 9.59 Å². The Morgan fingerprint density at radius 1 is 1.31 bits per heavy atom. The van der Waals surface area contributed by atoms with Gasteiger partial charge in [-0.15, -0.1) is 0 Å². The number of hydrogen-bond donors (Lipinski definition) is 1. The molecule has 0 aromatic carbocycles. The molecule has 8 nitrogen and oxygen atoms in total. The summed E-state index contributed by atoms with van der Waals surface area (Å²) < 4.78 is 7.11. The van der Waals surface area contributed by atoms with E-state index in [1.54, 1.807) is 21.7 Å². The van der Waals surface area contributed by atoms with Gasteiger partial charge in [-0.3, -0.25) is 14.3 Å². The second kappa shape index (κ2) is 7.15. The summed E-state index contributed by atoms with van der Waals surface area (Å²) in [5.41, 5.74) is 3.24. The monoisotopic (exact) mass is 357 g/mol. The number of pyridine rings is 1. The van der Waals surface area contributed by atoms with Gasteiger partial charge in [0.1, 0.15) is 5.69 Å². The number of aromatic nitrogens is 3. The summed E-state index contributed by atoms with van der Waals surface area (Å²) in [4.78, 5) is 30.9. The highest BCUT2D eigenvalue weighted by atomic mass is 16.5. The molecule has 1 N–H and O–H groups in total. The lowest BCUT2D eigenvalue weighted by atomic mass is 10.1. The zero-order valence-corrected chi connectivity index (χ0v) is 15.5. The zero-order chi connectivity index (χ0) is 18.8. The fraction of sp³-hybridized carbons (Fsp3) is 0.444. The number of hydrogen-bond acceptors (Lipinski definition) is 5. The Bertz CT molecular complexity index is 859. The molecule has 0 saturated carbocycles. The summed E-state index contributed by atoms with van der Waals surface area (Å²) in [6, 6.07) is 3.51. The maximum absolute atomic E-state index is 12.4. The maximum Gasteiger partial charge on any atom is 0.272 e. The van der Waals surface area contributed by atoms with Crippen molar-refractivity contribution >= 4 is 11.8 Å². The van der Waals surface area contributed by atoms with E-state index < -0.39 is 0 Å². The molecule has 0 radical (unpaired) electrons. The number of nitrogens with one attached hydrogen (secondary N) is 1. The molecule has 0 saturated heterocycles. The SMILES string of the molecule is CCN1Cc2nc(OC)c(CNC(=O)c3cc(C)n(CC)n3)cc2C1=O. The number of rotatable bonds is 6. The number of nitrogens with zero attached hydrogens (tertiary/aromatic N) is 4. The van der Waals surface area contributed by atoms with Crippen LogP contribution in [0.4, 0.5) is 0 Å². The molecule has 2 aromatic heterocycles. The Morgan fingerprint density at radius 3 is 2.69 bits per heavy atom. The molecule has 26 heavy (non-hydrogen) atoms. The minimum Gasteiger partial charge on any atom is -0.481 e. The molecule has 3 heterocycles. The smallest absolute Gasteiger partial charge is 0.272 e. The molecule has 0 bridgehead atoms. The number of ether oxygens (including phenoxy) is 1. The summed E-state index contributed by atoms with van der Waals surface area (Å²) in [5, 5.41) is 7.10. The number of carbonyl (C=O) groups excluding carboxylic acids is 2. The minimum absolute atomic E-state index is 0.0393. The van der Waals surface area contributed by atoms with Crippen LogP contribution in [0.25, 0.3) is 0 Å². The van der Waals surface area contributed by atoms with E-state index in [4.69, 9.17) is 4.74 Å². The molecule has 0 spiro atoms. The van der Waals surface area contributed by atoms with Crippen molar-refractivity contribution in [3.8, 4) is 5.88 Å². The average molecular weight is 357 g/mol. The summed E-state index contributed by atoms with van der Waals surface area (Å²) >= 11 is 0. The van der Waals surface area contributed by atoms with E-state index in [2.05, 4.69) is 15.4 Å². The maximum atomic E-state index is 12.4. The van der Waals surface area contributed by atoms with Crippen LogP contribution in [-0.4, -0.2) is 45.1 Å². The van der Waals surface area contributed by atoms with Crippen LogP contribution in [0.1, 0.15) is 51.6 Å². The molecule has 8 heteroatoms. The van der Waals surface area contributed by atoms with Gasteiger partial charge in [0.25, 0.3) is 11.8 Å². The first-order valence-electron chi connectivity index (χ1n) is 8.67. The van der Waals surface area contributed by atoms with Crippen molar-refractivity contribution in [2.75, 3.05) is 13.7 Å². The van der Waals surface area contributed by atoms with Crippen molar-refractivity contribution in [2.24, 2.45) is 0 Å². The highest BCUT2D eigenvalue weighted by Gasteiger charge is 2.29. The topological polar surface area (TPSA) is 89.3 Å². The van der Waals surface area contributed by atoms with Crippen LogP contribution in [0.15, 0.2) is 12.1 Å². The normalized spacial score (nSPS) is 13.1. The number of carbonyl (C=O) groups is 2. The predicted molar refractivity (Wildman–Crippen MR) is 95.0 cm³/mol. The zero-order valence-electron chi connectivity index (χ0n) is 15.5. The number of amides is 2. The van der Waals surface area contributed by atoms with Gasteiger partial charge in [0.05, 0.1) is 24.9 Å². The van der Waals surface area contributed by atoms with Crippen LogP contribution in [0, 0.1) is 6.92 Å². The van der Waals surface area contributed by atoms with Gasteiger partial charge in [0.2, 0.25) is 5.88 Å². The van der Waals surface area contributed by atoms with Gasteiger partial charge in [-0.25, -0.2) is 4.98 Å². The number of fused-ring (bicyclic) bond motifs is 1. The average Bonchev–Trinajstić information content (AvgIpc) is 3.18. The molecule has 0 unspecified atom stereocenters. The molecular formula is C18H23N5O3. The molecule has 3 rings (SSSR count). The van der Waals surface area contributed by atoms with E-state index in [1.165, 1.54) is 7.11 Å². The number of methoxy groups -OCH3 is 1. The standard InChI is InChI=1S/C18H23N5O3/c1-5-22-10-15-13(18(22)25)8-12(17(20-15)26-4)9-19-16(24)14-7-11(3)23(6-2)21-14/h7-8H,5-6,9-10H2,1-4H3,(H,19,24). The van der Waals surface area contributed by atoms with Gasteiger partial charge in [0, 0.05) is 30.9 Å². The molecule has 2 aromatic rings. The van der Waals surface area contributed by atoms with Crippen molar-refractivity contribution in [3.05, 3.63) is 40.3 Å². The van der Waals surface area contributed by atoms with Crippen molar-refractivity contribution in [1.29, 1.82) is 0 Å². The summed E-state index contributed by atoms with van der Waals surface area (Å²) in [5.74, 6) is 0.108. The fourth-order valence-corrected chi connectivity index (χ4v) is 3.07. The van der Waals surface area contributed by atoms with E-state index in [-0.39, 0.29) is 18.4 Å². The van der Waals surface area contributed by atoms with Gasteiger partial charge in [-0.05, 0) is 32.9 Å². The van der Waals surface area contributed by atoms with Gasteiger partial charge in [0.15, 0.2) is 0 Å². The van der Waals surface area contributed by atoms with Gasteiger partial charge < -0.3 is 15.0 Å². The third-order valence-corrected chi connectivity index (χ3v) is 4.53. The van der Waals surface area contributed by atoms with Crippen LogP contribution < -0.4 is 10.1 Å². The van der Waals surface area contributed by atoms with Crippen LogP contribution in [0.3, 0.4) is 0 Å². The molecule has 2 amide bonds. The predicted octanol–water partition coefficient (Wildman–Crippen LogP) is 1.52. The van der Waals surface area contributed by atoms with Gasteiger partial charge >= 0.3 is 0 Å². The molecule has 138 valence electrons. The Balaban J connectivity index is 1.78. The molecule has 1 aliphatic heterocycles. The largest absolute Gasteiger partial charge is 0.481 e. The lowest BCUT2D eigenvalue weighted by Crippen LogP contribution is -2.24. The van der Waals surface area contributed by atoms with Crippen molar-refractivity contribution in [1.82, 2.24) is 25.0 Å². The van der Waals surface area contributed by atoms with Crippen molar-refractivity contribution in [3.63, 3.8) is 0 Å². The fourth-order valence-electron chi connectivity index (χ4n) is 3.07. The van der Waals surface area contributed by atoms with Gasteiger partial charge in [-0.2, -0.15) is 5.10 Å². The van der Waals surface area contributed by atoms with Crippen LogP contribution in [0.2, 0.25) is 0 Å². The van der Waals surface area contributed by atoms with Crippen LogP contribution in [0.5, 0.6) is 5.88 Å². The summed E-state index contributed by atoms with van der Waals surface area (Å²) in [6.45, 7) is 7.84. The first kappa shape index (κ1) is 17.9. The second-order valence-corrected chi connectivity index (χ2v) is 6.14. The summed E-state index contributed by atoms with van der Waals surface area (Å²) in [6.07, 6.45) is 0. The third kappa shape index (κ3) is 3.14. The van der Waals surface area contributed by atoms with Crippen molar-refractivity contribution < 1.29 is 14.3 Å². The van der Waals surface area contributed by atoms with Crippen molar-refractivity contribution in [2.45, 2.75) is 40.4 Å². The van der Waals surface area contributed by atoms with E-state index in [0.29, 0.717) is 48.0 Å². The molecule has 1 aliphatic rings. The van der Waals surface area contributed by atoms with E-state index in [0.717, 1.165) is 5.69 Å². The second-order valence-electron chi connectivity index (χ2n) is 6.14. The Kier molecular flexibility index (Phi) is 4.92. The highest BCUT2D eigenvalue weighted by Crippen LogP contribution is 2.26. The van der Waals surface area contributed by atoms with Crippen LogP contribution in [-0.2, 0) is 19.6 Å². The number of aryl methyl sites for hydroxylation is 2. The quantitative estimate of drug-likeness (QED) is 0.847. The van der Waals surface area contributed by atoms with Gasteiger partial charge in [-0.1, -0.05) is 0 Å². The Hall–Kier alpha value is -2.90. The highest BCUT2D eigenvalue weighted by molar-refractivity contribution is 5.98. The minimum atomic E-state index is -0.274.